The van der Waals surface area contributed by atoms with E-state index in [1.165, 1.54) is 25.6 Å². The van der Waals surface area contributed by atoms with Crippen LogP contribution < -0.4 is 5.32 Å². The van der Waals surface area contributed by atoms with E-state index in [9.17, 15) is 4.79 Å². The fourth-order valence-corrected chi connectivity index (χ4v) is 4.82. The largest absolute Gasteiger partial charge is 0.331 e. The lowest BCUT2D eigenvalue weighted by Gasteiger charge is -2.39. The number of amides is 1. The Morgan fingerprint density at radius 3 is 2.90 bits per heavy atom. The van der Waals surface area contributed by atoms with Gasteiger partial charge in [0.05, 0.1) is 5.56 Å². The average molecular weight is 286 g/mol. The van der Waals surface area contributed by atoms with Gasteiger partial charge in [-0.3, -0.25) is 4.79 Å². The van der Waals surface area contributed by atoms with Gasteiger partial charge >= 0.3 is 0 Å². The predicted molar refractivity (Wildman–Crippen MR) is 78.8 cm³/mol. The van der Waals surface area contributed by atoms with Crippen molar-refractivity contribution in [3.05, 3.63) is 24.3 Å². The second-order valence-electron chi connectivity index (χ2n) is 6.96. The molecule has 1 aliphatic carbocycles. The minimum atomic E-state index is 0.110. The summed E-state index contributed by atoms with van der Waals surface area (Å²) in [5.41, 5.74) is 0.847. The van der Waals surface area contributed by atoms with Crippen LogP contribution in [0.2, 0.25) is 0 Å². The molecule has 1 amide bonds. The van der Waals surface area contributed by atoms with E-state index in [4.69, 9.17) is 0 Å². The van der Waals surface area contributed by atoms with Gasteiger partial charge in [-0.05, 0) is 19.3 Å². The summed E-state index contributed by atoms with van der Waals surface area (Å²) in [6.07, 6.45) is 10.8. The van der Waals surface area contributed by atoms with E-state index in [1.54, 1.807) is 12.4 Å². The summed E-state index contributed by atoms with van der Waals surface area (Å²) in [6, 6.07) is 1.24. The van der Waals surface area contributed by atoms with Crippen LogP contribution in [0.15, 0.2) is 18.7 Å². The second kappa shape index (κ2) is 4.77. The highest BCUT2D eigenvalue weighted by atomic mass is 16.2. The number of hydrogen-bond acceptors (Lipinski definition) is 4. The lowest BCUT2D eigenvalue weighted by Crippen LogP contribution is -2.51. The summed E-state index contributed by atoms with van der Waals surface area (Å²) < 4.78 is 0. The smallest absolute Gasteiger partial charge is 0.257 e. The Morgan fingerprint density at radius 2 is 2.10 bits per heavy atom. The maximum absolute atomic E-state index is 13.0. The highest BCUT2D eigenvalue weighted by molar-refractivity contribution is 5.94. The van der Waals surface area contributed by atoms with Crippen molar-refractivity contribution >= 4 is 5.91 Å². The summed E-state index contributed by atoms with van der Waals surface area (Å²) in [5, 5.41) is 3.70. The molecule has 2 bridgehead atoms. The van der Waals surface area contributed by atoms with Crippen molar-refractivity contribution in [2.45, 2.75) is 57.2 Å². The number of carbonyl (C=O) groups excluding carboxylic acids is 1. The zero-order valence-electron chi connectivity index (χ0n) is 12.5. The summed E-state index contributed by atoms with van der Waals surface area (Å²) >= 11 is 0. The molecule has 3 aliphatic rings. The third-order valence-electron chi connectivity index (χ3n) is 5.82. The lowest BCUT2D eigenvalue weighted by atomic mass is 9.72. The van der Waals surface area contributed by atoms with Crippen LogP contribution >= 0.6 is 0 Å². The van der Waals surface area contributed by atoms with Crippen molar-refractivity contribution in [3.8, 4) is 0 Å². The van der Waals surface area contributed by atoms with Gasteiger partial charge in [-0.1, -0.05) is 19.8 Å². The van der Waals surface area contributed by atoms with Gasteiger partial charge < -0.3 is 10.2 Å². The van der Waals surface area contributed by atoms with E-state index < -0.39 is 0 Å². The lowest BCUT2D eigenvalue weighted by molar-refractivity contribution is 0.0628. The van der Waals surface area contributed by atoms with Gasteiger partial charge in [0.25, 0.3) is 5.91 Å². The number of carbonyl (C=O) groups is 1. The van der Waals surface area contributed by atoms with E-state index >= 15 is 0 Å². The molecule has 1 N–H and O–H groups in total. The number of fused-ring (bicyclic) bond motifs is 1. The van der Waals surface area contributed by atoms with Gasteiger partial charge in [0.15, 0.2) is 0 Å². The van der Waals surface area contributed by atoms with Crippen molar-refractivity contribution < 1.29 is 4.79 Å². The standard InChI is InChI=1S/C16H22N4O/c1-16-6-12-9-19-13(16)4-2-3-5-14(16)20(12)15(21)11-7-17-10-18-8-11/h7-8,10,12-14,19H,2-6,9H2,1H3/t12-,13+,14-,16+/m0/s1. The van der Waals surface area contributed by atoms with Crippen molar-refractivity contribution in [1.82, 2.24) is 20.2 Å². The van der Waals surface area contributed by atoms with Crippen LogP contribution in [0.25, 0.3) is 0 Å². The van der Waals surface area contributed by atoms with Gasteiger partial charge in [0, 0.05) is 42.5 Å². The molecule has 3 heterocycles. The van der Waals surface area contributed by atoms with Gasteiger partial charge in [-0.25, -0.2) is 9.97 Å². The maximum atomic E-state index is 13.0. The molecule has 4 atom stereocenters. The Balaban J connectivity index is 1.71. The van der Waals surface area contributed by atoms with Gasteiger partial charge in [0.1, 0.15) is 6.33 Å². The number of hydrogen-bond donors (Lipinski definition) is 1. The molecular formula is C16H22N4O. The first-order valence-electron chi connectivity index (χ1n) is 8.01. The normalized spacial score (nSPS) is 38.1. The van der Waals surface area contributed by atoms with E-state index in [-0.39, 0.29) is 11.3 Å². The van der Waals surface area contributed by atoms with Crippen LogP contribution in [0, 0.1) is 5.41 Å². The third kappa shape index (κ3) is 1.90. The second-order valence-corrected chi connectivity index (χ2v) is 6.96. The molecule has 0 radical (unpaired) electrons. The topological polar surface area (TPSA) is 58.1 Å². The molecule has 5 heteroatoms. The third-order valence-corrected chi connectivity index (χ3v) is 5.82. The Bertz CT molecular complexity index is 548. The van der Waals surface area contributed by atoms with Crippen LogP contribution in [-0.2, 0) is 0 Å². The predicted octanol–water partition coefficient (Wildman–Crippen LogP) is 1.61. The van der Waals surface area contributed by atoms with Gasteiger partial charge in [0.2, 0.25) is 0 Å². The highest BCUT2D eigenvalue weighted by Crippen LogP contribution is 2.50. The fraction of sp³-hybridized carbons (Fsp3) is 0.688. The molecule has 0 spiro atoms. The van der Waals surface area contributed by atoms with Crippen LogP contribution in [0.3, 0.4) is 0 Å². The molecule has 2 aliphatic heterocycles. The average Bonchev–Trinajstić information content (AvgIpc) is 2.63. The molecule has 1 aromatic heterocycles. The molecule has 3 fully saturated rings. The Kier molecular flexibility index (Phi) is 2.99. The molecule has 21 heavy (non-hydrogen) atoms. The quantitative estimate of drug-likeness (QED) is 0.852. The van der Waals surface area contributed by atoms with Crippen molar-refractivity contribution in [2.24, 2.45) is 5.41 Å². The van der Waals surface area contributed by atoms with E-state index in [0.717, 1.165) is 19.4 Å². The molecule has 0 aromatic carbocycles. The van der Waals surface area contributed by atoms with Crippen LogP contribution in [0.4, 0.5) is 0 Å². The Hall–Kier alpha value is -1.49. The summed E-state index contributed by atoms with van der Waals surface area (Å²) in [5.74, 6) is 0.110. The SMILES string of the molecule is C[C@@]12C[C@H]3CN[C@@H]1CCCC[C@@H]2N3C(=O)c1cncnc1. The first-order valence-corrected chi connectivity index (χ1v) is 8.01. The Labute approximate surface area is 125 Å². The van der Waals surface area contributed by atoms with Crippen LogP contribution in [0.1, 0.15) is 49.4 Å². The fourth-order valence-electron chi connectivity index (χ4n) is 4.82. The Morgan fingerprint density at radius 1 is 1.33 bits per heavy atom. The van der Waals surface area contributed by atoms with Crippen molar-refractivity contribution in [2.75, 3.05) is 6.54 Å². The van der Waals surface area contributed by atoms with E-state index in [2.05, 4.69) is 27.1 Å². The number of likely N-dealkylation sites (tertiary alicyclic amines) is 1. The zero-order chi connectivity index (χ0) is 14.4. The maximum Gasteiger partial charge on any atom is 0.257 e. The molecular weight excluding hydrogens is 264 g/mol. The summed E-state index contributed by atoms with van der Waals surface area (Å²) in [6.45, 7) is 3.30. The molecule has 1 aromatic rings. The number of nitrogens with one attached hydrogen (secondary N) is 1. The number of rotatable bonds is 1. The number of piperidine rings is 1. The van der Waals surface area contributed by atoms with Gasteiger partial charge in [-0.2, -0.15) is 0 Å². The zero-order valence-corrected chi connectivity index (χ0v) is 12.5. The molecule has 4 rings (SSSR count). The number of aromatic nitrogens is 2. The molecule has 1 saturated carbocycles. The summed E-state index contributed by atoms with van der Waals surface area (Å²) in [7, 11) is 0. The minimum Gasteiger partial charge on any atom is -0.331 e. The van der Waals surface area contributed by atoms with Gasteiger partial charge in [-0.15, -0.1) is 0 Å². The number of nitrogens with zero attached hydrogens (tertiary/aromatic N) is 3. The highest BCUT2D eigenvalue weighted by Gasteiger charge is 2.57. The summed E-state index contributed by atoms with van der Waals surface area (Å²) in [4.78, 5) is 23.1. The molecule has 0 unspecified atom stereocenters. The van der Waals surface area contributed by atoms with Crippen molar-refractivity contribution in [3.63, 3.8) is 0 Å². The van der Waals surface area contributed by atoms with Crippen LogP contribution in [0.5, 0.6) is 0 Å². The first kappa shape index (κ1) is 13.2. The monoisotopic (exact) mass is 286 g/mol. The molecule has 2 saturated heterocycles. The molecule has 112 valence electrons. The first-order chi connectivity index (χ1) is 10.2. The van der Waals surface area contributed by atoms with Crippen molar-refractivity contribution in [1.29, 1.82) is 0 Å². The van der Waals surface area contributed by atoms with Crippen LogP contribution in [-0.4, -0.2) is 45.4 Å². The van der Waals surface area contributed by atoms with E-state index in [0.29, 0.717) is 23.7 Å². The molecule has 5 nitrogen and oxygen atoms in total. The minimum absolute atomic E-state index is 0.110. The van der Waals surface area contributed by atoms with E-state index in [1.807, 2.05) is 0 Å².